The van der Waals surface area contributed by atoms with Crippen molar-refractivity contribution in [2.24, 2.45) is 5.11 Å². The minimum Gasteiger partial charge on any atom is -0.354 e. The molecule has 0 saturated heterocycles. The zero-order valence-corrected chi connectivity index (χ0v) is 11.3. The van der Waals surface area contributed by atoms with Crippen LogP contribution in [0.3, 0.4) is 0 Å². The molecule has 0 spiro atoms. The normalized spacial score (nSPS) is 9.77. The molecule has 6 heteroatoms. The fourth-order valence-corrected chi connectivity index (χ4v) is 2.17. The molecule has 0 radical (unpaired) electrons. The summed E-state index contributed by atoms with van der Waals surface area (Å²) in [5.41, 5.74) is 11.0. The molecule has 3 aromatic rings. The van der Waals surface area contributed by atoms with Crippen molar-refractivity contribution in [1.29, 1.82) is 5.26 Å². The van der Waals surface area contributed by atoms with Crippen LogP contribution in [0.2, 0.25) is 0 Å². The Labute approximate surface area is 125 Å². The number of hydrogen-bond donors (Lipinski definition) is 0. The quantitative estimate of drug-likeness (QED) is 0.392. The van der Waals surface area contributed by atoms with Crippen LogP contribution in [0, 0.1) is 11.3 Å². The Balaban J connectivity index is 2.21. The summed E-state index contributed by atoms with van der Waals surface area (Å²) in [5.74, 6) is 0.397. The van der Waals surface area contributed by atoms with Gasteiger partial charge in [0.2, 0.25) is 0 Å². The highest BCUT2D eigenvalue weighted by atomic mass is 16.5. The van der Waals surface area contributed by atoms with Gasteiger partial charge in [0.1, 0.15) is 17.3 Å². The lowest BCUT2D eigenvalue weighted by Gasteiger charge is -2.01. The maximum atomic E-state index is 9.48. The van der Waals surface area contributed by atoms with E-state index in [0.717, 1.165) is 5.56 Å². The maximum Gasteiger partial charge on any atom is 0.185 e. The zero-order chi connectivity index (χ0) is 15.4. The van der Waals surface area contributed by atoms with Gasteiger partial charge >= 0.3 is 0 Å². The lowest BCUT2D eigenvalue weighted by molar-refractivity contribution is 0.435. The van der Waals surface area contributed by atoms with Crippen molar-refractivity contribution in [3.63, 3.8) is 0 Å². The summed E-state index contributed by atoms with van der Waals surface area (Å²) < 4.78 is 5.35. The van der Waals surface area contributed by atoms with Gasteiger partial charge in [0.15, 0.2) is 5.76 Å². The number of nitriles is 1. The van der Waals surface area contributed by atoms with Gasteiger partial charge in [-0.3, -0.25) is 0 Å². The Hall–Kier alpha value is -3.55. The summed E-state index contributed by atoms with van der Waals surface area (Å²) in [6.45, 7) is 0. The average Bonchev–Trinajstić information content (AvgIpc) is 3.00. The molecule has 22 heavy (non-hydrogen) atoms. The maximum absolute atomic E-state index is 9.48. The predicted molar refractivity (Wildman–Crippen MR) is 80.9 cm³/mol. The molecule has 0 unspecified atom stereocenters. The first-order valence-electron chi connectivity index (χ1n) is 6.45. The fourth-order valence-electron chi connectivity index (χ4n) is 2.17. The average molecular weight is 287 g/mol. The van der Waals surface area contributed by atoms with E-state index in [9.17, 15) is 5.26 Å². The van der Waals surface area contributed by atoms with Crippen molar-refractivity contribution in [2.45, 2.75) is 0 Å². The van der Waals surface area contributed by atoms with E-state index in [-0.39, 0.29) is 0 Å². The fraction of sp³-hybridized carbons (Fsp3) is 0. The molecule has 0 fully saturated rings. The second kappa shape index (κ2) is 5.83. The highest BCUT2D eigenvalue weighted by molar-refractivity contribution is 5.81. The van der Waals surface area contributed by atoms with E-state index in [0.29, 0.717) is 28.3 Å². The summed E-state index contributed by atoms with van der Waals surface area (Å²) in [6.07, 6.45) is 0. The molecule has 104 valence electrons. The Kier molecular flexibility index (Phi) is 3.56. The van der Waals surface area contributed by atoms with Crippen LogP contribution >= 0.6 is 0 Å². The molecule has 0 amide bonds. The smallest absolute Gasteiger partial charge is 0.185 e. The third-order valence-electron chi connectivity index (χ3n) is 3.15. The molecule has 3 rings (SSSR count). The molecule has 0 aliphatic heterocycles. The highest BCUT2D eigenvalue weighted by Gasteiger charge is 2.20. The monoisotopic (exact) mass is 287 g/mol. The first-order valence-corrected chi connectivity index (χ1v) is 6.45. The van der Waals surface area contributed by atoms with E-state index in [1.54, 1.807) is 24.3 Å². The SMILES string of the molecule is N#Cc1c(-c2ccccc2N=[N+]=[N-])noc1-c1ccccc1. The van der Waals surface area contributed by atoms with Gasteiger partial charge in [0.25, 0.3) is 0 Å². The van der Waals surface area contributed by atoms with Gasteiger partial charge in [0, 0.05) is 21.7 Å². The van der Waals surface area contributed by atoms with Gasteiger partial charge < -0.3 is 4.52 Å². The van der Waals surface area contributed by atoms with Gasteiger partial charge in [-0.25, -0.2) is 0 Å². The molecule has 1 aromatic heterocycles. The minimum atomic E-state index is 0.312. The molecule has 2 aromatic carbocycles. The number of nitrogens with zero attached hydrogens (tertiary/aromatic N) is 5. The van der Waals surface area contributed by atoms with Crippen molar-refractivity contribution in [3.8, 4) is 28.7 Å². The van der Waals surface area contributed by atoms with E-state index in [1.165, 1.54) is 0 Å². The number of hydrogen-bond acceptors (Lipinski definition) is 4. The van der Waals surface area contributed by atoms with Crippen LogP contribution in [0.1, 0.15) is 5.56 Å². The molecule has 0 aliphatic carbocycles. The Bertz CT molecular complexity index is 902. The van der Waals surface area contributed by atoms with Crippen LogP contribution < -0.4 is 0 Å². The summed E-state index contributed by atoms with van der Waals surface area (Å²) in [4.78, 5) is 2.80. The second-order valence-electron chi connectivity index (χ2n) is 4.42. The van der Waals surface area contributed by atoms with E-state index in [1.807, 2.05) is 30.3 Å². The van der Waals surface area contributed by atoms with Crippen LogP contribution in [0.25, 0.3) is 33.0 Å². The van der Waals surface area contributed by atoms with Gasteiger partial charge in [-0.2, -0.15) is 5.26 Å². The van der Waals surface area contributed by atoms with Gasteiger partial charge in [-0.15, -0.1) is 0 Å². The first-order chi connectivity index (χ1) is 10.8. The Morgan fingerprint density at radius 2 is 1.82 bits per heavy atom. The highest BCUT2D eigenvalue weighted by Crippen LogP contribution is 2.36. The largest absolute Gasteiger partial charge is 0.354 e. The molecule has 0 atom stereocenters. The lowest BCUT2D eigenvalue weighted by Crippen LogP contribution is -1.84. The van der Waals surface area contributed by atoms with Crippen molar-refractivity contribution < 1.29 is 4.52 Å². The van der Waals surface area contributed by atoms with Gasteiger partial charge in [-0.05, 0) is 5.53 Å². The summed E-state index contributed by atoms with van der Waals surface area (Å²) in [7, 11) is 0. The van der Waals surface area contributed by atoms with Crippen LogP contribution in [0.5, 0.6) is 0 Å². The first kappa shape index (κ1) is 13.4. The molecule has 0 N–H and O–H groups in total. The number of rotatable bonds is 3. The topological polar surface area (TPSA) is 98.6 Å². The minimum absolute atomic E-state index is 0.312. The molecule has 0 aliphatic rings. The Morgan fingerprint density at radius 1 is 1.09 bits per heavy atom. The predicted octanol–water partition coefficient (Wildman–Crippen LogP) is 4.82. The molecular weight excluding hydrogens is 278 g/mol. The van der Waals surface area contributed by atoms with Crippen molar-refractivity contribution in [3.05, 3.63) is 70.6 Å². The third kappa shape index (κ3) is 2.29. The molecule has 0 saturated carbocycles. The van der Waals surface area contributed by atoms with Gasteiger partial charge in [0.05, 0.1) is 0 Å². The van der Waals surface area contributed by atoms with E-state index in [4.69, 9.17) is 10.1 Å². The Morgan fingerprint density at radius 3 is 2.55 bits per heavy atom. The molecule has 1 heterocycles. The second-order valence-corrected chi connectivity index (χ2v) is 4.42. The third-order valence-corrected chi connectivity index (χ3v) is 3.15. The summed E-state index contributed by atoms with van der Waals surface area (Å²) in [5, 5.41) is 17.1. The van der Waals surface area contributed by atoms with Crippen molar-refractivity contribution >= 4 is 5.69 Å². The summed E-state index contributed by atoms with van der Waals surface area (Å²) in [6, 6.07) is 18.3. The number of aromatic nitrogens is 1. The molecule has 0 bridgehead atoms. The molecule has 6 nitrogen and oxygen atoms in total. The van der Waals surface area contributed by atoms with Gasteiger partial charge in [-0.1, -0.05) is 64.9 Å². The lowest BCUT2D eigenvalue weighted by atomic mass is 10.0. The van der Waals surface area contributed by atoms with Crippen LogP contribution in [0.4, 0.5) is 5.69 Å². The van der Waals surface area contributed by atoms with Crippen LogP contribution in [-0.4, -0.2) is 5.16 Å². The van der Waals surface area contributed by atoms with Crippen LogP contribution in [0.15, 0.2) is 64.2 Å². The zero-order valence-electron chi connectivity index (χ0n) is 11.3. The standard InChI is InChI=1S/C16H9N5O/c17-10-13-15(12-8-4-5-9-14(12)19-21-18)20-22-16(13)11-6-2-1-3-7-11/h1-9H. The number of benzene rings is 2. The van der Waals surface area contributed by atoms with E-state index < -0.39 is 0 Å². The van der Waals surface area contributed by atoms with E-state index in [2.05, 4.69) is 21.3 Å². The van der Waals surface area contributed by atoms with Crippen molar-refractivity contribution in [1.82, 2.24) is 5.16 Å². The molecular formula is C16H9N5O. The van der Waals surface area contributed by atoms with Crippen molar-refractivity contribution in [2.75, 3.05) is 0 Å². The van der Waals surface area contributed by atoms with Crippen LogP contribution in [-0.2, 0) is 0 Å². The summed E-state index contributed by atoms with van der Waals surface area (Å²) >= 11 is 0. The number of azide groups is 1. The van der Waals surface area contributed by atoms with E-state index >= 15 is 0 Å².